The Hall–Kier alpha value is -0.820. The molecule has 0 aromatic heterocycles. The summed E-state index contributed by atoms with van der Waals surface area (Å²) < 4.78 is 0. The molecule has 0 saturated carbocycles. The molecule has 0 radical (unpaired) electrons. The molecule has 1 aromatic rings. The van der Waals surface area contributed by atoms with Crippen molar-refractivity contribution in [3.05, 3.63) is 35.9 Å². The molecular formula is C14H21N. The molecule has 1 nitrogen and oxygen atoms in total. The predicted molar refractivity (Wildman–Crippen MR) is 65.1 cm³/mol. The maximum Gasteiger partial charge on any atom is 0.0159 e. The maximum atomic E-state index is 3.66. The summed E-state index contributed by atoms with van der Waals surface area (Å²) in [7, 11) is 0. The van der Waals surface area contributed by atoms with E-state index >= 15 is 0 Å². The van der Waals surface area contributed by atoms with Gasteiger partial charge in [-0.2, -0.15) is 0 Å². The Morgan fingerprint density at radius 1 is 1.13 bits per heavy atom. The Bertz CT molecular complexity index is 296. The molecule has 0 amide bonds. The number of nitrogens with one attached hydrogen (secondary N) is 1. The molecule has 1 heteroatoms. The lowest BCUT2D eigenvalue weighted by molar-refractivity contribution is 0.283. The van der Waals surface area contributed by atoms with E-state index in [4.69, 9.17) is 0 Å². The summed E-state index contributed by atoms with van der Waals surface area (Å²) in [5, 5.41) is 3.66. The van der Waals surface area contributed by atoms with Gasteiger partial charge < -0.3 is 5.32 Å². The van der Waals surface area contributed by atoms with Crippen molar-refractivity contribution in [3.63, 3.8) is 0 Å². The highest BCUT2D eigenvalue weighted by Crippen LogP contribution is 2.30. The summed E-state index contributed by atoms with van der Waals surface area (Å²) in [6, 6.07) is 11.5. The van der Waals surface area contributed by atoms with Crippen LogP contribution in [0.3, 0.4) is 0 Å². The van der Waals surface area contributed by atoms with Gasteiger partial charge in [-0.3, -0.25) is 0 Å². The molecule has 1 fully saturated rings. The minimum Gasteiger partial charge on any atom is -0.313 e. The molecule has 0 aliphatic carbocycles. The van der Waals surface area contributed by atoms with Gasteiger partial charge in [-0.15, -0.1) is 0 Å². The highest BCUT2D eigenvalue weighted by Gasteiger charge is 2.31. The Labute approximate surface area is 92.9 Å². The molecule has 0 spiro atoms. The lowest BCUT2D eigenvalue weighted by Crippen LogP contribution is -2.47. The minimum absolute atomic E-state index is 0.252. The van der Waals surface area contributed by atoms with Crippen LogP contribution in [0.1, 0.15) is 38.7 Å². The van der Waals surface area contributed by atoms with Crippen molar-refractivity contribution < 1.29 is 0 Å². The van der Waals surface area contributed by atoms with Crippen molar-refractivity contribution in [2.24, 2.45) is 0 Å². The summed E-state index contributed by atoms with van der Waals surface area (Å²) in [6.07, 6.45) is 4.01. The topological polar surface area (TPSA) is 12.0 Å². The average molecular weight is 203 g/mol. The van der Waals surface area contributed by atoms with Crippen LogP contribution in [0, 0.1) is 0 Å². The first-order valence-electron chi connectivity index (χ1n) is 6.00. The van der Waals surface area contributed by atoms with Crippen LogP contribution in [0.5, 0.6) is 0 Å². The van der Waals surface area contributed by atoms with Crippen molar-refractivity contribution in [2.45, 2.75) is 44.6 Å². The van der Waals surface area contributed by atoms with Gasteiger partial charge >= 0.3 is 0 Å². The van der Waals surface area contributed by atoms with Crippen molar-refractivity contribution in [1.29, 1.82) is 0 Å². The second kappa shape index (κ2) is 4.36. The molecular weight excluding hydrogens is 182 g/mol. The molecule has 0 bridgehead atoms. The first-order chi connectivity index (χ1) is 7.21. The molecule has 82 valence electrons. The number of rotatable bonds is 2. The van der Waals surface area contributed by atoms with Gasteiger partial charge in [0.1, 0.15) is 0 Å². The maximum absolute atomic E-state index is 3.66. The predicted octanol–water partition coefficient (Wildman–Crippen LogP) is 3.11. The summed E-state index contributed by atoms with van der Waals surface area (Å²) in [5.41, 5.74) is 1.70. The molecule has 2 rings (SSSR count). The summed E-state index contributed by atoms with van der Waals surface area (Å²) in [6.45, 7) is 5.89. The largest absolute Gasteiger partial charge is 0.313 e. The van der Waals surface area contributed by atoms with Gasteiger partial charge in [0.25, 0.3) is 0 Å². The van der Waals surface area contributed by atoms with E-state index in [9.17, 15) is 0 Å². The van der Waals surface area contributed by atoms with Crippen molar-refractivity contribution in [3.8, 4) is 0 Å². The zero-order chi connectivity index (χ0) is 10.7. The van der Waals surface area contributed by atoms with E-state index in [1.807, 2.05) is 0 Å². The van der Waals surface area contributed by atoms with Gasteiger partial charge in [0.05, 0.1) is 0 Å². The molecule has 1 aliphatic rings. The van der Waals surface area contributed by atoms with E-state index in [0.29, 0.717) is 6.04 Å². The van der Waals surface area contributed by atoms with Crippen LogP contribution < -0.4 is 5.32 Å². The first-order valence-corrected chi connectivity index (χ1v) is 6.00. The summed E-state index contributed by atoms with van der Waals surface area (Å²) >= 11 is 0. The molecule has 1 saturated heterocycles. The van der Waals surface area contributed by atoms with Gasteiger partial charge in [0.15, 0.2) is 0 Å². The molecule has 1 unspecified atom stereocenters. The Morgan fingerprint density at radius 2 is 1.87 bits per heavy atom. The van der Waals surface area contributed by atoms with Crippen LogP contribution in [0.4, 0.5) is 0 Å². The van der Waals surface area contributed by atoms with Crippen LogP contribution in [-0.4, -0.2) is 12.6 Å². The smallest absolute Gasteiger partial charge is 0.0159 e. The minimum atomic E-state index is 0.252. The van der Waals surface area contributed by atoms with E-state index in [-0.39, 0.29) is 5.41 Å². The Balaban J connectivity index is 2.18. The van der Waals surface area contributed by atoms with Crippen LogP contribution in [0.15, 0.2) is 30.3 Å². The third-order valence-electron chi connectivity index (χ3n) is 3.70. The third kappa shape index (κ3) is 2.23. The fraction of sp³-hybridized carbons (Fsp3) is 0.571. The zero-order valence-electron chi connectivity index (χ0n) is 9.79. The van der Waals surface area contributed by atoms with Gasteiger partial charge in [-0.25, -0.2) is 0 Å². The van der Waals surface area contributed by atoms with Crippen LogP contribution in [-0.2, 0) is 5.41 Å². The molecule has 1 aliphatic heterocycles. The van der Waals surface area contributed by atoms with Gasteiger partial charge in [0, 0.05) is 11.5 Å². The third-order valence-corrected chi connectivity index (χ3v) is 3.70. The number of hydrogen-bond donors (Lipinski definition) is 1. The summed E-state index contributed by atoms with van der Waals surface area (Å²) in [4.78, 5) is 0. The van der Waals surface area contributed by atoms with Gasteiger partial charge in [0.2, 0.25) is 0 Å². The highest BCUT2D eigenvalue weighted by atomic mass is 14.9. The van der Waals surface area contributed by atoms with Crippen LogP contribution in [0.25, 0.3) is 0 Å². The number of benzene rings is 1. The van der Waals surface area contributed by atoms with E-state index in [0.717, 1.165) is 0 Å². The van der Waals surface area contributed by atoms with E-state index in [2.05, 4.69) is 49.5 Å². The highest BCUT2D eigenvalue weighted by molar-refractivity contribution is 5.25. The van der Waals surface area contributed by atoms with Crippen molar-refractivity contribution >= 4 is 0 Å². The molecule has 1 heterocycles. The van der Waals surface area contributed by atoms with E-state index < -0.39 is 0 Å². The quantitative estimate of drug-likeness (QED) is 0.778. The van der Waals surface area contributed by atoms with E-state index in [1.165, 1.54) is 31.4 Å². The summed E-state index contributed by atoms with van der Waals surface area (Å²) in [5.74, 6) is 0. The van der Waals surface area contributed by atoms with Gasteiger partial charge in [-0.1, -0.05) is 50.6 Å². The Morgan fingerprint density at radius 3 is 2.47 bits per heavy atom. The average Bonchev–Trinajstić information content (AvgIpc) is 2.31. The SMILES string of the molecule is CC(C)(c1ccccc1)C1CCCCN1. The fourth-order valence-electron chi connectivity index (χ4n) is 2.54. The second-order valence-electron chi connectivity index (χ2n) is 5.09. The lowest BCUT2D eigenvalue weighted by atomic mass is 9.75. The molecule has 1 N–H and O–H groups in total. The molecule has 15 heavy (non-hydrogen) atoms. The number of hydrogen-bond acceptors (Lipinski definition) is 1. The first kappa shape index (κ1) is 10.7. The molecule has 1 atom stereocenters. The standard InChI is InChI=1S/C14H21N/c1-14(2,12-8-4-3-5-9-12)13-10-6-7-11-15-13/h3-5,8-9,13,15H,6-7,10-11H2,1-2H3. The van der Waals surface area contributed by atoms with Crippen LogP contribution >= 0.6 is 0 Å². The second-order valence-corrected chi connectivity index (χ2v) is 5.09. The van der Waals surface area contributed by atoms with Crippen LogP contribution in [0.2, 0.25) is 0 Å². The Kier molecular flexibility index (Phi) is 3.11. The normalized spacial score (nSPS) is 22.7. The lowest BCUT2D eigenvalue weighted by Gasteiger charge is -2.38. The van der Waals surface area contributed by atoms with E-state index in [1.54, 1.807) is 0 Å². The number of piperidine rings is 1. The zero-order valence-corrected chi connectivity index (χ0v) is 9.79. The monoisotopic (exact) mass is 203 g/mol. The van der Waals surface area contributed by atoms with Gasteiger partial charge in [-0.05, 0) is 24.9 Å². The van der Waals surface area contributed by atoms with Crippen molar-refractivity contribution in [2.75, 3.05) is 6.54 Å². The van der Waals surface area contributed by atoms with Crippen molar-refractivity contribution in [1.82, 2.24) is 5.32 Å². The fourth-order valence-corrected chi connectivity index (χ4v) is 2.54. The molecule has 1 aromatic carbocycles.